The third-order valence-corrected chi connectivity index (χ3v) is 3.52. The predicted octanol–water partition coefficient (Wildman–Crippen LogP) is 3.20. The highest BCUT2D eigenvalue weighted by molar-refractivity contribution is 6.35. The zero-order chi connectivity index (χ0) is 13.2. The van der Waals surface area contributed by atoms with Crippen LogP contribution < -0.4 is 5.73 Å². The topological polar surface area (TPSA) is 43.8 Å². The van der Waals surface area contributed by atoms with Crippen molar-refractivity contribution >= 4 is 22.5 Å². The Morgan fingerprint density at radius 3 is 2.74 bits per heavy atom. The van der Waals surface area contributed by atoms with Crippen molar-refractivity contribution in [1.82, 2.24) is 9.78 Å². The Kier molecular flexibility index (Phi) is 3.23. The summed E-state index contributed by atoms with van der Waals surface area (Å²) in [6, 6.07) is 14.1. The van der Waals surface area contributed by atoms with E-state index < -0.39 is 0 Å². The number of rotatable bonds is 3. The van der Waals surface area contributed by atoms with Crippen molar-refractivity contribution in [3.63, 3.8) is 0 Å². The van der Waals surface area contributed by atoms with Gasteiger partial charge < -0.3 is 5.73 Å². The number of hydrogen-bond donors (Lipinski definition) is 1. The van der Waals surface area contributed by atoms with E-state index in [4.69, 9.17) is 17.3 Å². The molecule has 19 heavy (non-hydrogen) atoms. The minimum atomic E-state index is 0.555. The fraction of sp³-hybridized carbons (Fsp3) is 0.133. The molecule has 0 atom stereocenters. The summed E-state index contributed by atoms with van der Waals surface area (Å²) in [5.41, 5.74) is 9.03. The Balaban J connectivity index is 1.99. The van der Waals surface area contributed by atoms with E-state index in [-0.39, 0.29) is 0 Å². The summed E-state index contributed by atoms with van der Waals surface area (Å²) in [4.78, 5) is 0. The largest absolute Gasteiger partial charge is 0.326 e. The molecule has 0 radical (unpaired) electrons. The van der Waals surface area contributed by atoms with Crippen LogP contribution >= 0.6 is 11.6 Å². The van der Waals surface area contributed by atoms with Gasteiger partial charge in [-0.25, -0.2) is 0 Å². The minimum absolute atomic E-state index is 0.555. The van der Waals surface area contributed by atoms with Gasteiger partial charge in [0.2, 0.25) is 0 Å². The molecule has 0 aliphatic heterocycles. The second kappa shape index (κ2) is 5.03. The maximum absolute atomic E-state index is 6.15. The quantitative estimate of drug-likeness (QED) is 0.795. The second-order valence-electron chi connectivity index (χ2n) is 4.50. The maximum atomic E-state index is 6.15. The van der Waals surface area contributed by atoms with Crippen molar-refractivity contribution in [3.8, 4) is 0 Å². The molecule has 2 N–H and O–H groups in total. The van der Waals surface area contributed by atoms with E-state index in [2.05, 4.69) is 17.2 Å². The number of benzene rings is 2. The van der Waals surface area contributed by atoms with Crippen molar-refractivity contribution in [1.29, 1.82) is 0 Å². The summed E-state index contributed by atoms with van der Waals surface area (Å²) in [7, 11) is 0. The second-order valence-corrected chi connectivity index (χ2v) is 4.91. The first-order valence-corrected chi connectivity index (χ1v) is 6.53. The van der Waals surface area contributed by atoms with Gasteiger partial charge in [-0.15, -0.1) is 0 Å². The van der Waals surface area contributed by atoms with Gasteiger partial charge in [-0.3, -0.25) is 4.68 Å². The SMILES string of the molecule is NCc1cccc(Cn2ncc3c(Cl)cccc32)c1. The molecule has 0 amide bonds. The normalized spacial score (nSPS) is 11.1. The highest BCUT2D eigenvalue weighted by Gasteiger charge is 2.06. The first kappa shape index (κ1) is 12.2. The van der Waals surface area contributed by atoms with Crippen molar-refractivity contribution < 1.29 is 0 Å². The first-order chi connectivity index (χ1) is 9.28. The molecule has 3 nitrogen and oxygen atoms in total. The molecule has 0 saturated carbocycles. The van der Waals surface area contributed by atoms with Crippen LogP contribution in [0.3, 0.4) is 0 Å². The number of nitrogens with zero attached hydrogens (tertiary/aromatic N) is 2. The molecule has 1 heterocycles. The summed E-state index contributed by atoms with van der Waals surface area (Å²) >= 11 is 6.15. The van der Waals surface area contributed by atoms with E-state index in [0.717, 1.165) is 28.0 Å². The number of halogens is 1. The van der Waals surface area contributed by atoms with Crippen LogP contribution in [0.4, 0.5) is 0 Å². The molecule has 4 heteroatoms. The van der Waals surface area contributed by atoms with E-state index >= 15 is 0 Å². The fourth-order valence-corrected chi connectivity index (χ4v) is 2.44. The average Bonchev–Trinajstić information content (AvgIpc) is 2.84. The van der Waals surface area contributed by atoms with Gasteiger partial charge in [0, 0.05) is 11.9 Å². The van der Waals surface area contributed by atoms with Gasteiger partial charge in [0.15, 0.2) is 0 Å². The van der Waals surface area contributed by atoms with E-state index in [1.54, 1.807) is 0 Å². The number of nitrogens with two attached hydrogens (primary N) is 1. The molecule has 3 aromatic rings. The Hall–Kier alpha value is -1.84. The number of aromatic nitrogens is 2. The molecule has 0 bridgehead atoms. The molecule has 0 aliphatic rings. The molecule has 1 aromatic heterocycles. The van der Waals surface area contributed by atoms with E-state index in [9.17, 15) is 0 Å². The Bertz CT molecular complexity index is 718. The number of hydrogen-bond acceptors (Lipinski definition) is 2. The lowest BCUT2D eigenvalue weighted by Gasteiger charge is -2.06. The zero-order valence-electron chi connectivity index (χ0n) is 10.4. The monoisotopic (exact) mass is 271 g/mol. The Morgan fingerprint density at radius 1 is 1.11 bits per heavy atom. The lowest BCUT2D eigenvalue weighted by Crippen LogP contribution is -2.03. The van der Waals surface area contributed by atoms with Gasteiger partial charge in [-0.2, -0.15) is 5.10 Å². The molecule has 2 aromatic carbocycles. The van der Waals surface area contributed by atoms with Crippen LogP contribution in [0, 0.1) is 0 Å². The van der Waals surface area contributed by atoms with Crippen LogP contribution in [-0.2, 0) is 13.1 Å². The smallest absolute Gasteiger partial charge is 0.0701 e. The third-order valence-electron chi connectivity index (χ3n) is 3.19. The molecular formula is C15H14ClN3. The standard InChI is InChI=1S/C15H14ClN3/c16-14-5-2-6-15-13(14)9-18-19(15)10-12-4-1-3-11(7-12)8-17/h1-7,9H,8,10,17H2. The molecule has 0 saturated heterocycles. The summed E-state index contributed by atoms with van der Waals surface area (Å²) in [6.45, 7) is 1.28. The molecule has 0 fully saturated rings. The highest BCUT2D eigenvalue weighted by atomic mass is 35.5. The highest BCUT2D eigenvalue weighted by Crippen LogP contribution is 2.23. The lowest BCUT2D eigenvalue weighted by atomic mass is 10.1. The minimum Gasteiger partial charge on any atom is -0.326 e. The third kappa shape index (κ3) is 2.35. The molecular weight excluding hydrogens is 258 g/mol. The van der Waals surface area contributed by atoms with Crippen LogP contribution in [-0.4, -0.2) is 9.78 Å². The van der Waals surface area contributed by atoms with E-state index in [0.29, 0.717) is 6.54 Å². The van der Waals surface area contributed by atoms with Crippen LogP contribution in [0.1, 0.15) is 11.1 Å². The molecule has 0 unspecified atom stereocenters. The van der Waals surface area contributed by atoms with E-state index in [1.807, 2.05) is 41.2 Å². The van der Waals surface area contributed by atoms with Gasteiger partial charge in [-0.1, -0.05) is 41.9 Å². The summed E-state index contributed by atoms with van der Waals surface area (Å²) in [5, 5.41) is 6.13. The van der Waals surface area contributed by atoms with Gasteiger partial charge in [0.25, 0.3) is 0 Å². The van der Waals surface area contributed by atoms with Crippen LogP contribution in [0.5, 0.6) is 0 Å². The average molecular weight is 272 g/mol. The summed E-state index contributed by atoms with van der Waals surface area (Å²) < 4.78 is 1.96. The molecule has 3 rings (SSSR count). The summed E-state index contributed by atoms with van der Waals surface area (Å²) in [6.07, 6.45) is 1.81. The first-order valence-electron chi connectivity index (χ1n) is 6.16. The molecule has 96 valence electrons. The Morgan fingerprint density at radius 2 is 1.89 bits per heavy atom. The Labute approximate surface area is 116 Å². The fourth-order valence-electron chi connectivity index (χ4n) is 2.22. The van der Waals surface area contributed by atoms with Gasteiger partial charge in [0.05, 0.1) is 23.3 Å². The van der Waals surface area contributed by atoms with Crippen molar-refractivity contribution in [2.75, 3.05) is 0 Å². The maximum Gasteiger partial charge on any atom is 0.0701 e. The predicted molar refractivity (Wildman–Crippen MR) is 78.2 cm³/mol. The van der Waals surface area contributed by atoms with E-state index in [1.165, 1.54) is 5.56 Å². The zero-order valence-corrected chi connectivity index (χ0v) is 11.1. The number of fused-ring (bicyclic) bond motifs is 1. The van der Waals surface area contributed by atoms with Crippen LogP contribution in [0.2, 0.25) is 5.02 Å². The molecule has 0 spiro atoms. The van der Waals surface area contributed by atoms with Crippen LogP contribution in [0.25, 0.3) is 10.9 Å². The van der Waals surface area contributed by atoms with Crippen molar-refractivity contribution in [3.05, 3.63) is 64.8 Å². The van der Waals surface area contributed by atoms with Crippen molar-refractivity contribution in [2.45, 2.75) is 13.1 Å². The van der Waals surface area contributed by atoms with Gasteiger partial charge in [-0.05, 0) is 23.3 Å². The van der Waals surface area contributed by atoms with Crippen molar-refractivity contribution in [2.24, 2.45) is 5.73 Å². The lowest BCUT2D eigenvalue weighted by molar-refractivity contribution is 0.711. The molecule has 0 aliphatic carbocycles. The van der Waals surface area contributed by atoms with Gasteiger partial charge >= 0.3 is 0 Å². The summed E-state index contributed by atoms with van der Waals surface area (Å²) in [5.74, 6) is 0. The van der Waals surface area contributed by atoms with Crippen LogP contribution in [0.15, 0.2) is 48.7 Å². The van der Waals surface area contributed by atoms with Gasteiger partial charge in [0.1, 0.15) is 0 Å².